The number of nitrogens with zero attached hydrogens (tertiary/aromatic N) is 2. The number of benzene rings is 1. The van der Waals surface area contributed by atoms with Gasteiger partial charge < -0.3 is 5.73 Å². The van der Waals surface area contributed by atoms with Crippen molar-refractivity contribution in [3.63, 3.8) is 0 Å². The lowest BCUT2D eigenvalue weighted by Crippen LogP contribution is -2.10. The van der Waals surface area contributed by atoms with Gasteiger partial charge in [0.25, 0.3) is 0 Å². The third-order valence-corrected chi connectivity index (χ3v) is 3.14. The maximum Gasteiger partial charge on any atom is 0.168 e. The van der Waals surface area contributed by atoms with E-state index in [0.717, 1.165) is 29.1 Å². The van der Waals surface area contributed by atoms with Gasteiger partial charge >= 0.3 is 0 Å². The van der Waals surface area contributed by atoms with Crippen molar-refractivity contribution in [3.8, 4) is 0 Å². The molecule has 0 bridgehead atoms. The second kappa shape index (κ2) is 5.80. The average molecular weight is 257 g/mol. The summed E-state index contributed by atoms with van der Waals surface area (Å²) in [5.41, 5.74) is 9.21. The Hall–Kier alpha value is -1.94. The van der Waals surface area contributed by atoms with Crippen LogP contribution in [0.5, 0.6) is 0 Å². The minimum atomic E-state index is 0.109. The Kier molecular flexibility index (Phi) is 4.12. The smallest absolute Gasteiger partial charge is 0.168 e. The largest absolute Gasteiger partial charge is 0.326 e. The van der Waals surface area contributed by atoms with Gasteiger partial charge in [-0.25, -0.2) is 0 Å². The SMILES string of the molecule is CCn1nc(C)cc1CC(=O)c1ccc(CN)cc1. The summed E-state index contributed by atoms with van der Waals surface area (Å²) < 4.78 is 1.88. The third kappa shape index (κ3) is 3.09. The first-order valence-electron chi connectivity index (χ1n) is 6.49. The summed E-state index contributed by atoms with van der Waals surface area (Å²) >= 11 is 0. The Morgan fingerprint density at radius 3 is 2.58 bits per heavy atom. The summed E-state index contributed by atoms with van der Waals surface area (Å²) in [4.78, 5) is 12.2. The number of aromatic nitrogens is 2. The van der Waals surface area contributed by atoms with Gasteiger partial charge in [0, 0.05) is 24.3 Å². The lowest BCUT2D eigenvalue weighted by Gasteiger charge is -2.05. The minimum absolute atomic E-state index is 0.109. The first-order chi connectivity index (χ1) is 9.13. The lowest BCUT2D eigenvalue weighted by molar-refractivity contribution is 0.0990. The molecule has 0 radical (unpaired) electrons. The molecule has 19 heavy (non-hydrogen) atoms. The van der Waals surface area contributed by atoms with E-state index < -0.39 is 0 Å². The van der Waals surface area contributed by atoms with Gasteiger partial charge in [0.05, 0.1) is 12.1 Å². The normalized spacial score (nSPS) is 10.7. The molecule has 0 fully saturated rings. The third-order valence-electron chi connectivity index (χ3n) is 3.14. The van der Waals surface area contributed by atoms with Crippen molar-refractivity contribution in [3.05, 3.63) is 52.8 Å². The number of aryl methyl sites for hydroxylation is 2. The van der Waals surface area contributed by atoms with Gasteiger partial charge in [-0.15, -0.1) is 0 Å². The maximum absolute atomic E-state index is 12.2. The van der Waals surface area contributed by atoms with E-state index in [1.165, 1.54) is 0 Å². The van der Waals surface area contributed by atoms with Crippen LogP contribution in [0.15, 0.2) is 30.3 Å². The molecule has 4 nitrogen and oxygen atoms in total. The highest BCUT2D eigenvalue weighted by atomic mass is 16.1. The molecule has 2 N–H and O–H groups in total. The predicted molar refractivity (Wildman–Crippen MR) is 75.0 cm³/mol. The van der Waals surface area contributed by atoms with Crippen LogP contribution < -0.4 is 5.73 Å². The Balaban J connectivity index is 2.15. The van der Waals surface area contributed by atoms with E-state index in [9.17, 15) is 4.79 Å². The number of Topliss-reactive ketones (excluding diaryl/α,β-unsaturated/α-hetero) is 1. The van der Waals surface area contributed by atoms with E-state index in [1.54, 1.807) is 0 Å². The Bertz CT molecular complexity index is 570. The number of rotatable bonds is 5. The molecule has 2 aromatic rings. The number of hydrogen-bond acceptors (Lipinski definition) is 3. The van der Waals surface area contributed by atoms with Crippen molar-refractivity contribution in [2.45, 2.75) is 33.4 Å². The topological polar surface area (TPSA) is 60.9 Å². The van der Waals surface area contributed by atoms with Gasteiger partial charge in [-0.1, -0.05) is 24.3 Å². The lowest BCUT2D eigenvalue weighted by atomic mass is 10.0. The van der Waals surface area contributed by atoms with Crippen LogP contribution in [-0.4, -0.2) is 15.6 Å². The molecule has 0 saturated heterocycles. The first-order valence-corrected chi connectivity index (χ1v) is 6.49. The zero-order chi connectivity index (χ0) is 13.8. The van der Waals surface area contributed by atoms with Crippen molar-refractivity contribution in [2.24, 2.45) is 5.73 Å². The van der Waals surface area contributed by atoms with E-state index in [0.29, 0.717) is 13.0 Å². The van der Waals surface area contributed by atoms with Crippen molar-refractivity contribution >= 4 is 5.78 Å². The second-order valence-electron chi connectivity index (χ2n) is 4.59. The second-order valence-corrected chi connectivity index (χ2v) is 4.59. The highest BCUT2D eigenvalue weighted by Gasteiger charge is 2.11. The van der Waals surface area contributed by atoms with Crippen LogP contribution in [0, 0.1) is 6.92 Å². The maximum atomic E-state index is 12.2. The number of carbonyl (C=O) groups excluding carboxylic acids is 1. The quantitative estimate of drug-likeness (QED) is 0.834. The van der Waals surface area contributed by atoms with Crippen LogP contribution in [0.2, 0.25) is 0 Å². The summed E-state index contributed by atoms with van der Waals surface area (Å²) in [7, 11) is 0. The molecule has 0 aliphatic rings. The summed E-state index contributed by atoms with van der Waals surface area (Å²) in [6.07, 6.45) is 0.386. The molecule has 0 amide bonds. The summed E-state index contributed by atoms with van der Waals surface area (Å²) in [5.74, 6) is 0.109. The number of hydrogen-bond donors (Lipinski definition) is 1. The molecule has 1 aromatic carbocycles. The molecule has 0 spiro atoms. The molecule has 1 heterocycles. The molecule has 0 unspecified atom stereocenters. The van der Waals surface area contributed by atoms with E-state index in [2.05, 4.69) is 5.10 Å². The van der Waals surface area contributed by atoms with Crippen LogP contribution in [0.1, 0.15) is 34.2 Å². The summed E-state index contributed by atoms with van der Waals surface area (Å²) in [6.45, 7) is 5.24. The van der Waals surface area contributed by atoms with Crippen LogP contribution in [-0.2, 0) is 19.5 Å². The average Bonchev–Trinajstić information content (AvgIpc) is 2.78. The molecular formula is C15H19N3O. The molecular weight excluding hydrogens is 238 g/mol. The van der Waals surface area contributed by atoms with Crippen LogP contribution in [0.4, 0.5) is 0 Å². The van der Waals surface area contributed by atoms with Gasteiger partial charge in [-0.2, -0.15) is 5.10 Å². The molecule has 0 aliphatic carbocycles. The van der Waals surface area contributed by atoms with Crippen molar-refractivity contribution in [1.29, 1.82) is 0 Å². The number of carbonyl (C=O) groups is 1. The standard InChI is InChI=1S/C15H19N3O/c1-3-18-14(8-11(2)17-18)9-15(19)13-6-4-12(10-16)5-7-13/h4-8H,3,9-10,16H2,1-2H3. The molecule has 0 saturated carbocycles. The van der Waals surface area contributed by atoms with Gasteiger partial charge in [0.15, 0.2) is 5.78 Å². The van der Waals surface area contributed by atoms with Crippen LogP contribution in [0.25, 0.3) is 0 Å². The molecule has 2 rings (SSSR count). The van der Waals surface area contributed by atoms with Crippen LogP contribution >= 0.6 is 0 Å². The molecule has 0 aliphatic heterocycles. The van der Waals surface area contributed by atoms with Gasteiger partial charge in [0.2, 0.25) is 0 Å². The van der Waals surface area contributed by atoms with E-state index in [-0.39, 0.29) is 5.78 Å². The highest BCUT2D eigenvalue weighted by molar-refractivity contribution is 5.97. The van der Waals surface area contributed by atoms with E-state index in [1.807, 2.05) is 48.9 Å². The van der Waals surface area contributed by atoms with Gasteiger partial charge in [-0.05, 0) is 25.5 Å². The minimum Gasteiger partial charge on any atom is -0.326 e. The monoisotopic (exact) mass is 257 g/mol. The van der Waals surface area contributed by atoms with Crippen molar-refractivity contribution in [2.75, 3.05) is 0 Å². The number of nitrogens with two attached hydrogens (primary N) is 1. The first kappa shape index (κ1) is 13.5. The van der Waals surface area contributed by atoms with Crippen molar-refractivity contribution < 1.29 is 4.79 Å². The Morgan fingerprint density at radius 1 is 1.32 bits per heavy atom. The summed E-state index contributed by atoms with van der Waals surface area (Å²) in [5, 5.41) is 4.35. The van der Waals surface area contributed by atoms with Gasteiger partial charge in [-0.3, -0.25) is 9.48 Å². The summed E-state index contributed by atoms with van der Waals surface area (Å²) in [6, 6.07) is 9.44. The fourth-order valence-electron chi connectivity index (χ4n) is 2.11. The van der Waals surface area contributed by atoms with Crippen LogP contribution in [0.3, 0.4) is 0 Å². The molecule has 4 heteroatoms. The fourth-order valence-corrected chi connectivity index (χ4v) is 2.11. The number of ketones is 1. The Morgan fingerprint density at radius 2 is 2.00 bits per heavy atom. The van der Waals surface area contributed by atoms with Crippen molar-refractivity contribution in [1.82, 2.24) is 9.78 Å². The molecule has 100 valence electrons. The van der Waals surface area contributed by atoms with E-state index in [4.69, 9.17) is 5.73 Å². The van der Waals surface area contributed by atoms with E-state index >= 15 is 0 Å². The molecule has 1 aromatic heterocycles. The predicted octanol–water partition coefficient (Wildman–Crippen LogP) is 2.10. The molecule has 0 atom stereocenters. The Labute approximate surface area is 113 Å². The zero-order valence-corrected chi connectivity index (χ0v) is 11.4. The highest BCUT2D eigenvalue weighted by Crippen LogP contribution is 2.11. The van der Waals surface area contributed by atoms with Gasteiger partial charge in [0.1, 0.15) is 0 Å². The zero-order valence-electron chi connectivity index (χ0n) is 11.4. The fraction of sp³-hybridized carbons (Fsp3) is 0.333.